The fourth-order valence-electron chi connectivity index (χ4n) is 1.94. The summed E-state index contributed by atoms with van der Waals surface area (Å²) in [4.78, 5) is 30.8. The summed E-state index contributed by atoms with van der Waals surface area (Å²) >= 11 is 0. The maximum Gasteiger partial charge on any atom is 0.306 e. The van der Waals surface area contributed by atoms with Gasteiger partial charge in [-0.1, -0.05) is 6.92 Å². The quantitative estimate of drug-likeness (QED) is 0.786. The van der Waals surface area contributed by atoms with Crippen molar-refractivity contribution < 1.29 is 9.90 Å². The first-order valence-electron chi connectivity index (χ1n) is 5.53. The lowest BCUT2D eigenvalue weighted by Gasteiger charge is -2.41. The van der Waals surface area contributed by atoms with E-state index >= 15 is 0 Å². The molecule has 0 amide bonds. The highest BCUT2D eigenvalue weighted by molar-refractivity contribution is 5.70. The van der Waals surface area contributed by atoms with Crippen LogP contribution in [0, 0.1) is 18.8 Å². The number of carbonyl (C=O) groups is 1. The van der Waals surface area contributed by atoms with Gasteiger partial charge in [-0.3, -0.25) is 9.59 Å². The Hall–Kier alpha value is -1.85. The van der Waals surface area contributed by atoms with E-state index < -0.39 is 5.97 Å². The van der Waals surface area contributed by atoms with Crippen molar-refractivity contribution in [2.75, 3.05) is 18.0 Å². The van der Waals surface area contributed by atoms with Crippen molar-refractivity contribution in [2.45, 2.75) is 13.8 Å². The zero-order valence-electron chi connectivity index (χ0n) is 9.80. The first kappa shape index (κ1) is 11.6. The molecular weight excluding hydrogens is 222 g/mol. The second kappa shape index (κ2) is 4.20. The molecule has 1 aliphatic rings. The second-order valence-electron chi connectivity index (χ2n) is 4.48. The molecular formula is C11H15N3O3. The average molecular weight is 237 g/mol. The fraction of sp³-hybridized carbons (Fsp3) is 0.545. The zero-order chi connectivity index (χ0) is 12.6. The summed E-state index contributed by atoms with van der Waals surface area (Å²) in [6.07, 6.45) is 0. The summed E-state index contributed by atoms with van der Waals surface area (Å²) < 4.78 is 0. The first-order chi connectivity index (χ1) is 7.97. The minimum Gasteiger partial charge on any atom is -0.481 e. The summed E-state index contributed by atoms with van der Waals surface area (Å²) in [5, 5.41) is 8.87. The number of aromatic amines is 1. The number of aliphatic carboxylic acids is 1. The van der Waals surface area contributed by atoms with Crippen molar-refractivity contribution in [1.29, 1.82) is 0 Å². The molecule has 0 spiro atoms. The molecule has 1 unspecified atom stereocenters. The number of aromatic nitrogens is 2. The summed E-state index contributed by atoms with van der Waals surface area (Å²) in [6.45, 7) is 4.72. The standard InChI is InChI=1S/C11H15N3O3/c1-6(11(16)17)8-4-14(5-8)9-3-10(15)13-7(2)12-9/h3,6,8H,4-5H2,1-2H3,(H,16,17)(H,12,13,15). The highest BCUT2D eigenvalue weighted by Gasteiger charge is 2.35. The van der Waals surface area contributed by atoms with E-state index in [1.807, 2.05) is 4.90 Å². The molecule has 0 aromatic carbocycles. The van der Waals surface area contributed by atoms with Crippen molar-refractivity contribution in [3.05, 3.63) is 22.2 Å². The minimum absolute atomic E-state index is 0.133. The molecule has 17 heavy (non-hydrogen) atoms. The predicted octanol–water partition coefficient (Wildman–Crippen LogP) is 0.235. The average Bonchev–Trinajstić information content (AvgIpc) is 2.13. The van der Waals surface area contributed by atoms with Gasteiger partial charge < -0.3 is 15.0 Å². The first-order valence-corrected chi connectivity index (χ1v) is 5.53. The third-order valence-corrected chi connectivity index (χ3v) is 3.18. The van der Waals surface area contributed by atoms with Crippen LogP contribution in [-0.4, -0.2) is 34.1 Å². The molecule has 1 fully saturated rings. The van der Waals surface area contributed by atoms with Crippen molar-refractivity contribution in [3.63, 3.8) is 0 Å². The molecule has 1 aliphatic heterocycles. The summed E-state index contributed by atoms with van der Waals surface area (Å²) in [7, 11) is 0. The fourth-order valence-corrected chi connectivity index (χ4v) is 1.94. The Morgan fingerprint density at radius 2 is 2.29 bits per heavy atom. The number of carboxylic acids is 1. The summed E-state index contributed by atoms with van der Waals surface area (Å²) in [5.74, 6) is 0.204. The number of hydrogen-bond acceptors (Lipinski definition) is 4. The third-order valence-electron chi connectivity index (χ3n) is 3.18. The Bertz CT molecular complexity index is 491. The normalized spacial score (nSPS) is 17.6. The van der Waals surface area contributed by atoms with Crippen LogP contribution in [-0.2, 0) is 4.79 Å². The Labute approximate surface area is 98.3 Å². The predicted molar refractivity (Wildman–Crippen MR) is 62.1 cm³/mol. The molecule has 1 aromatic rings. The molecule has 92 valence electrons. The number of H-pyrrole nitrogens is 1. The van der Waals surface area contributed by atoms with Gasteiger partial charge in [-0.25, -0.2) is 4.98 Å². The SMILES string of the molecule is Cc1nc(N2CC(C(C)C(=O)O)C2)cc(=O)[nH]1. The topological polar surface area (TPSA) is 86.3 Å². The van der Waals surface area contributed by atoms with Crippen LogP contribution in [0.3, 0.4) is 0 Å². The van der Waals surface area contributed by atoms with Crippen molar-refractivity contribution in [1.82, 2.24) is 9.97 Å². The van der Waals surface area contributed by atoms with Gasteiger partial charge in [-0.15, -0.1) is 0 Å². The van der Waals surface area contributed by atoms with E-state index in [0.29, 0.717) is 24.7 Å². The van der Waals surface area contributed by atoms with Gasteiger partial charge in [-0.2, -0.15) is 0 Å². The van der Waals surface area contributed by atoms with Crippen LogP contribution in [0.1, 0.15) is 12.7 Å². The smallest absolute Gasteiger partial charge is 0.306 e. The van der Waals surface area contributed by atoms with E-state index in [4.69, 9.17) is 5.11 Å². The number of nitrogens with one attached hydrogen (secondary N) is 1. The lowest BCUT2D eigenvalue weighted by atomic mass is 9.87. The maximum atomic E-state index is 11.3. The number of aryl methyl sites for hydroxylation is 1. The molecule has 1 aromatic heterocycles. The molecule has 0 bridgehead atoms. The Morgan fingerprint density at radius 1 is 1.65 bits per heavy atom. The van der Waals surface area contributed by atoms with Crippen LogP contribution in [0.2, 0.25) is 0 Å². The van der Waals surface area contributed by atoms with Gasteiger partial charge in [0.1, 0.15) is 11.6 Å². The number of anilines is 1. The van der Waals surface area contributed by atoms with Gasteiger partial charge in [0.05, 0.1) is 5.92 Å². The van der Waals surface area contributed by atoms with Crippen LogP contribution >= 0.6 is 0 Å². The highest BCUT2D eigenvalue weighted by atomic mass is 16.4. The summed E-state index contributed by atoms with van der Waals surface area (Å²) in [5.41, 5.74) is -0.178. The van der Waals surface area contributed by atoms with E-state index in [9.17, 15) is 9.59 Å². The molecule has 0 radical (unpaired) electrons. The Balaban J connectivity index is 2.04. The highest BCUT2D eigenvalue weighted by Crippen LogP contribution is 2.27. The van der Waals surface area contributed by atoms with Crippen LogP contribution in [0.4, 0.5) is 5.82 Å². The second-order valence-corrected chi connectivity index (χ2v) is 4.48. The van der Waals surface area contributed by atoms with Crippen LogP contribution < -0.4 is 10.5 Å². The van der Waals surface area contributed by atoms with Gasteiger partial charge in [-0.05, 0) is 6.92 Å². The van der Waals surface area contributed by atoms with Gasteiger partial charge in [0.25, 0.3) is 5.56 Å². The van der Waals surface area contributed by atoms with E-state index in [1.165, 1.54) is 6.07 Å². The molecule has 2 N–H and O–H groups in total. The van der Waals surface area contributed by atoms with E-state index in [-0.39, 0.29) is 17.4 Å². The Morgan fingerprint density at radius 3 is 2.82 bits per heavy atom. The number of rotatable bonds is 3. The lowest BCUT2D eigenvalue weighted by molar-refractivity contribution is -0.143. The van der Waals surface area contributed by atoms with E-state index in [1.54, 1.807) is 13.8 Å². The maximum absolute atomic E-state index is 11.3. The summed E-state index contributed by atoms with van der Waals surface area (Å²) in [6, 6.07) is 1.44. The Kier molecular flexibility index (Phi) is 2.87. The monoisotopic (exact) mass is 237 g/mol. The van der Waals surface area contributed by atoms with Crippen LogP contribution in [0.5, 0.6) is 0 Å². The third kappa shape index (κ3) is 2.30. The number of nitrogens with zero attached hydrogens (tertiary/aromatic N) is 2. The largest absolute Gasteiger partial charge is 0.481 e. The van der Waals surface area contributed by atoms with Gasteiger partial charge >= 0.3 is 5.97 Å². The van der Waals surface area contributed by atoms with Crippen molar-refractivity contribution in [2.24, 2.45) is 11.8 Å². The molecule has 2 heterocycles. The number of carboxylic acid groups (broad SMARTS) is 1. The van der Waals surface area contributed by atoms with E-state index in [2.05, 4.69) is 9.97 Å². The van der Waals surface area contributed by atoms with Crippen LogP contribution in [0.25, 0.3) is 0 Å². The van der Waals surface area contributed by atoms with E-state index in [0.717, 1.165) is 0 Å². The van der Waals surface area contributed by atoms with Crippen LogP contribution in [0.15, 0.2) is 10.9 Å². The van der Waals surface area contributed by atoms with Gasteiger partial charge in [0.2, 0.25) is 0 Å². The minimum atomic E-state index is -0.773. The number of hydrogen-bond donors (Lipinski definition) is 2. The van der Waals surface area contributed by atoms with Gasteiger partial charge in [0.15, 0.2) is 0 Å². The van der Waals surface area contributed by atoms with Crippen molar-refractivity contribution >= 4 is 11.8 Å². The van der Waals surface area contributed by atoms with Crippen molar-refractivity contribution in [3.8, 4) is 0 Å². The molecule has 2 rings (SSSR count). The lowest BCUT2D eigenvalue weighted by Crippen LogP contribution is -2.51. The molecule has 1 atom stereocenters. The molecule has 0 aliphatic carbocycles. The zero-order valence-corrected chi connectivity index (χ0v) is 9.80. The molecule has 0 saturated carbocycles. The molecule has 6 nitrogen and oxygen atoms in total. The molecule has 1 saturated heterocycles. The van der Waals surface area contributed by atoms with Gasteiger partial charge in [0, 0.05) is 25.1 Å². The molecule has 6 heteroatoms.